The summed E-state index contributed by atoms with van der Waals surface area (Å²) in [7, 11) is 0. The molecule has 1 amide bonds. The summed E-state index contributed by atoms with van der Waals surface area (Å²) in [6, 6.07) is 5.75. The van der Waals surface area contributed by atoms with Crippen LogP contribution in [0.5, 0.6) is 5.75 Å². The van der Waals surface area contributed by atoms with Crippen molar-refractivity contribution >= 4 is 23.4 Å². The van der Waals surface area contributed by atoms with Gasteiger partial charge in [0.05, 0.1) is 6.04 Å². The van der Waals surface area contributed by atoms with Crippen molar-refractivity contribution in [1.29, 1.82) is 0 Å². The number of carbonyl (C=O) groups excluding carboxylic acids is 1. The lowest BCUT2D eigenvalue weighted by Crippen LogP contribution is -2.47. The van der Waals surface area contributed by atoms with Crippen LogP contribution in [0.4, 0.5) is 18.9 Å². The Hall–Kier alpha value is -1.61. The number of benzene rings is 1. The predicted octanol–water partition coefficient (Wildman–Crippen LogP) is 1.94. The van der Waals surface area contributed by atoms with Crippen LogP contribution < -0.4 is 20.3 Å². The van der Waals surface area contributed by atoms with Gasteiger partial charge in [0.25, 0.3) is 0 Å². The van der Waals surface area contributed by atoms with Crippen molar-refractivity contribution in [3.8, 4) is 5.75 Å². The molecule has 2 saturated heterocycles. The molecule has 1 aromatic carbocycles. The van der Waals surface area contributed by atoms with E-state index in [1.807, 2.05) is 4.90 Å². The summed E-state index contributed by atoms with van der Waals surface area (Å²) in [6.07, 6.45) is -3.94. The standard InChI is InChI=1S/C15H18F3N3O2S/c16-15(17,18)23-12-3-1-2-11(6-12)21-5-4-10(7-21)20-14(22)13-8-24-9-19-13/h1-3,6,10,13,19H,4-5,7-9H2,(H,20,22). The van der Waals surface area contributed by atoms with Crippen molar-refractivity contribution in [3.05, 3.63) is 24.3 Å². The number of rotatable bonds is 4. The lowest BCUT2D eigenvalue weighted by Gasteiger charge is -2.21. The Labute approximate surface area is 141 Å². The highest BCUT2D eigenvalue weighted by molar-refractivity contribution is 7.99. The maximum Gasteiger partial charge on any atom is 0.573 e. The Morgan fingerprint density at radius 3 is 2.96 bits per heavy atom. The minimum atomic E-state index is -4.70. The van der Waals surface area contributed by atoms with Gasteiger partial charge in [-0.1, -0.05) is 6.07 Å². The van der Waals surface area contributed by atoms with E-state index in [2.05, 4.69) is 15.4 Å². The zero-order valence-corrected chi connectivity index (χ0v) is 13.6. The second-order valence-corrected chi connectivity index (χ2v) is 6.79. The van der Waals surface area contributed by atoms with Crippen molar-refractivity contribution in [2.45, 2.75) is 24.9 Å². The molecule has 3 rings (SSSR count). The van der Waals surface area contributed by atoms with Gasteiger partial charge in [-0.25, -0.2) is 0 Å². The number of halogens is 3. The third kappa shape index (κ3) is 4.47. The second-order valence-electron chi connectivity index (χ2n) is 5.76. The van der Waals surface area contributed by atoms with Crippen molar-refractivity contribution in [2.75, 3.05) is 29.6 Å². The summed E-state index contributed by atoms with van der Waals surface area (Å²) in [5.41, 5.74) is 0.656. The van der Waals surface area contributed by atoms with Crippen molar-refractivity contribution in [3.63, 3.8) is 0 Å². The van der Waals surface area contributed by atoms with E-state index in [0.717, 1.165) is 18.1 Å². The van der Waals surface area contributed by atoms with Crippen LogP contribution in [0.1, 0.15) is 6.42 Å². The van der Waals surface area contributed by atoms with Gasteiger partial charge in [0.1, 0.15) is 5.75 Å². The molecular formula is C15H18F3N3O2S. The molecule has 1 aromatic rings. The Kier molecular flexibility index (Phi) is 5.09. The summed E-state index contributed by atoms with van der Waals surface area (Å²) in [4.78, 5) is 14.1. The number of hydrogen-bond acceptors (Lipinski definition) is 5. The lowest BCUT2D eigenvalue weighted by molar-refractivity contribution is -0.274. The van der Waals surface area contributed by atoms with E-state index in [4.69, 9.17) is 0 Å². The van der Waals surface area contributed by atoms with E-state index in [1.165, 1.54) is 18.2 Å². The molecule has 9 heteroatoms. The SMILES string of the molecule is O=C(NC1CCN(c2cccc(OC(F)(F)F)c2)C1)C1CSCN1. The first-order valence-corrected chi connectivity index (χ1v) is 8.78. The number of carbonyl (C=O) groups is 1. The molecule has 0 bridgehead atoms. The second kappa shape index (κ2) is 7.10. The largest absolute Gasteiger partial charge is 0.573 e. The number of nitrogens with zero attached hydrogens (tertiary/aromatic N) is 1. The van der Waals surface area contributed by atoms with E-state index in [0.29, 0.717) is 18.8 Å². The minimum absolute atomic E-state index is 0.00269. The van der Waals surface area contributed by atoms with E-state index in [1.54, 1.807) is 17.8 Å². The van der Waals surface area contributed by atoms with Gasteiger partial charge in [0.15, 0.2) is 0 Å². The quantitative estimate of drug-likeness (QED) is 0.859. The number of ether oxygens (including phenoxy) is 1. The van der Waals surface area contributed by atoms with Crippen LogP contribution in [0.3, 0.4) is 0 Å². The fourth-order valence-electron chi connectivity index (χ4n) is 2.86. The topological polar surface area (TPSA) is 53.6 Å². The Bertz CT molecular complexity index is 594. The highest BCUT2D eigenvalue weighted by Crippen LogP contribution is 2.28. The summed E-state index contributed by atoms with van der Waals surface area (Å²) >= 11 is 1.68. The van der Waals surface area contributed by atoms with Gasteiger partial charge in [-0.15, -0.1) is 24.9 Å². The molecule has 0 aromatic heterocycles. The van der Waals surface area contributed by atoms with E-state index < -0.39 is 6.36 Å². The first-order chi connectivity index (χ1) is 11.4. The maximum absolute atomic E-state index is 12.3. The van der Waals surface area contributed by atoms with E-state index >= 15 is 0 Å². The maximum atomic E-state index is 12.3. The Morgan fingerprint density at radius 2 is 2.25 bits per heavy atom. The summed E-state index contributed by atoms with van der Waals surface area (Å²) in [5, 5.41) is 6.12. The van der Waals surface area contributed by atoms with Gasteiger partial charge in [-0.3, -0.25) is 10.1 Å². The number of anilines is 1. The van der Waals surface area contributed by atoms with E-state index in [9.17, 15) is 18.0 Å². The van der Waals surface area contributed by atoms with Crippen molar-refractivity contribution in [1.82, 2.24) is 10.6 Å². The van der Waals surface area contributed by atoms with Gasteiger partial charge in [0.2, 0.25) is 5.91 Å². The first-order valence-electron chi connectivity index (χ1n) is 7.63. The molecule has 2 fully saturated rings. The number of alkyl halides is 3. The van der Waals surface area contributed by atoms with Gasteiger partial charge in [0, 0.05) is 42.5 Å². The molecular weight excluding hydrogens is 343 g/mol. The zero-order valence-electron chi connectivity index (χ0n) is 12.8. The first kappa shape index (κ1) is 17.2. The van der Waals surface area contributed by atoms with Gasteiger partial charge >= 0.3 is 6.36 Å². The van der Waals surface area contributed by atoms with Gasteiger partial charge in [-0.05, 0) is 18.6 Å². The number of amides is 1. The summed E-state index contributed by atoms with van der Waals surface area (Å²) in [6.45, 7) is 1.24. The molecule has 2 N–H and O–H groups in total. The van der Waals surface area contributed by atoms with Gasteiger partial charge in [-0.2, -0.15) is 0 Å². The highest BCUT2D eigenvalue weighted by Gasteiger charge is 2.32. The number of nitrogens with one attached hydrogen (secondary N) is 2. The predicted molar refractivity (Wildman–Crippen MR) is 86.1 cm³/mol. The Balaban J connectivity index is 1.57. The van der Waals surface area contributed by atoms with Crippen molar-refractivity contribution in [2.24, 2.45) is 0 Å². The molecule has 2 aliphatic heterocycles. The molecule has 0 radical (unpaired) electrons. The highest BCUT2D eigenvalue weighted by atomic mass is 32.2. The molecule has 0 aliphatic carbocycles. The lowest BCUT2D eigenvalue weighted by atomic mass is 10.2. The zero-order chi connectivity index (χ0) is 17.2. The van der Waals surface area contributed by atoms with Crippen LogP contribution in [-0.4, -0.2) is 49.1 Å². The summed E-state index contributed by atoms with van der Waals surface area (Å²) < 4.78 is 40.9. The summed E-state index contributed by atoms with van der Waals surface area (Å²) in [5.74, 6) is 1.29. The minimum Gasteiger partial charge on any atom is -0.406 e. The molecule has 5 nitrogen and oxygen atoms in total. The fraction of sp³-hybridized carbons (Fsp3) is 0.533. The normalized spacial score (nSPS) is 24.2. The molecule has 2 heterocycles. The number of thioether (sulfide) groups is 1. The third-order valence-corrected chi connectivity index (χ3v) is 4.92. The monoisotopic (exact) mass is 361 g/mol. The Morgan fingerprint density at radius 1 is 1.42 bits per heavy atom. The molecule has 2 unspecified atom stereocenters. The fourth-order valence-corrected chi connectivity index (χ4v) is 3.80. The molecule has 0 spiro atoms. The van der Waals surface area contributed by atoms with Crippen LogP contribution in [0, 0.1) is 0 Å². The average molecular weight is 361 g/mol. The van der Waals surface area contributed by atoms with Crippen molar-refractivity contribution < 1.29 is 22.7 Å². The molecule has 2 atom stereocenters. The average Bonchev–Trinajstić information content (AvgIpc) is 3.17. The van der Waals surface area contributed by atoms with Crippen LogP contribution in [0.25, 0.3) is 0 Å². The van der Waals surface area contributed by atoms with Crippen LogP contribution >= 0.6 is 11.8 Å². The molecule has 2 aliphatic rings. The van der Waals surface area contributed by atoms with Crippen LogP contribution in [0.15, 0.2) is 24.3 Å². The molecule has 24 heavy (non-hydrogen) atoms. The van der Waals surface area contributed by atoms with E-state index in [-0.39, 0.29) is 23.7 Å². The van der Waals surface area contributed by atoms with Crippen LogP contribution in [0.2, 0.25) is 0 Å². The van der Waals surface area contributed by atoms with Gasteiger partial charge < -0.3 is 15.0 Å². The number of hydrogen-bond donors (Lipinski definition) is 2. The smallest absolute Gasteiger partial charge is 0.406 e. The molecule has 0 saturated carbocycles. The van der Waals surface area contributed by atoms with Crippen LogP contribution in [-0.2, 0) is 4.79 Å². The third-order valence-electron chi connectivity index (χ3n) is 3.98. The molecule has 132 valence electrons.